The Morgan fingerprint density at radius 2 is 1.64 bits per heavy atom. The Kier molecular flexibility index (Phi) is 5.26. The molecule has 0 bridgehead atoms. The Balaban J connectivity index is 2.01. The minimum Gasteiger partial charge on any atom is -0.212 e. The van der Waals surface area contributed by atoms with Gasteiger partial charge in [-0.2, -0.15) is 0 Å². The monoisotopic (exact) mass is 332 g/mol. The number of hydrogen-bond donors (Lipinski definition) is 0. The normalized spacial score (nSPS) is 11.2. The lowest BCUT2D eigenvalue weighted by molar-refractivity contribution is 0.672. The molecule has 0 aliphatic carbocycles. The van der Waals surface area contributed by atoms with Crippen molar-refractivity contribution in [2.24, 2.45) is 0 Å². The van der Waals surface area contributed by atoms with Crippen molar-refractivity contribution < 1.29 is 8.78 Å². The molecular formula is C23H18F2. The summed E-state index contributed by atoms with van der Waals surface area (Å²) in [5.41, 5.74) is 3.27. The van der Waals surface area contributed by atoms with Crippen LogP contribution in [0.25, 0.3) is 16.6 Å². The second-order valence-electron chi connectivity index (χ2n) is 5.86. The molecule has 0 aliphatic rings. The van der Waals surface area contributed by atoms with Crippen LogP contribution in [0.3, 0.4) is 0 Å². The molecule has 0 atom stereocenters. The van der Waals surface area contributed by atoms with Gasteiger partial charge in [0.25, 0.3) is 0 Å². The van der Waals surface area contributed by atoms with Gasteiger partial charge in [-0.1, -0.05) is 67.6 Å². The highest BCUT2D eigenvalue weighted by Gasteiger charge is 2.08. The largest absolute Gasteiger partial charge is 0.212 e. The zero-order valence-corrected chi connectivity index (χ0v) is 14.0. The van der Waals surface area contributed by atoms with Gasteiger partial charge in [0.15, 0.2) is 5.83 Å². The SMILES string of the molecule is CCCc1ccc(C#Cc2ccc(/C(F)=C\F)c3ccccc23)cc1. The van der Waals surface area contributed by atoms with Crippen molar-refractivity contribution in [2.45, 2.75) is 19.8 Å². The maximum Gasteiger partial charge on any atom is 0.159 e. The number of aryl methyl sites for hydroxylation is 1. The molecule has 3 rings (SSSR count). The maximum atomic E-state index is 13.7. The summed E-state index contributed by atoms with van der Waals surface area (Å²) in [4.78, 5) is 0. The van der Waals surface area contributed by atoms with Gasteiger partial charge in [-0.3, -0.25) is 0 Å². The second kappa shape index (κ2) is 7.77. The number of rotatable bonds is 3. The summed E-state index contributed by atoms with van der Waals surface area (Å²) in [6.07, 6.45) is 2.17. The van der Waals surface area contributed by atoms with E-state index < -0.39 is 5.83 Å². The molecule has 0 radical (unpaired) electrons. The first kappa shape index (κ1) is 16.9. The molecule has 3 aromatic carbocycles. The van der Waals surface area contributed by atoms with E-state index in [-0.39, 0.29) is 11.9 Å². The van der Waals surface area contributed by atoms with Gasteiger partial charge >= 0.3 is 0 Å². The molecule has 0 heterocycles. The van der Waals surface area contributed by atoms with E-state index in [1.165, 1.54) is 5.56 Å². The topological polar surface area (TPSA) is 0 Å². The van der Waals surface area contributed by atoms with Crippen LogP contribution in [0.1, 0.15) is 35.6 Å². The summed E-state index contributed by atoms with van der Waals surface area (Å²) >= 11 is 0. The highest BCUT2D eigenvalue weighted by Crippen LogP contribution is 2.28. The highest BCUT2D eigenvalue weighted by atomic mass is 19.2. The van der Waals surface area contributed by atoms with Crippen LogP contribution in [0.5, 0.6) is 0 Å². The summed E-state index contributed by atoms with van der Waals surface area (Å²) in [5.74, 6) is 5.43. The molecule has 0 unspecified atom stereocenters. The van der Waals surface area contributed by atoms with Gasteiger partial charge in [-0.25, -0.2) is 8.78 Å². The maximum absolute atomic E-state index is 13.7. The lowest BCUT2D eigenvalue weighted by Crippen LogP contribution is -1.87. The lowest BCUT2D eigenvalue weighted by Gasteiger charge is -2.06. The molecule has 0 aliphatic heterocycles. The van der Waals surface area contributed by atoms with Gasteiger partial charge in [0, 0.05) is 16.7 Å². The Hall–Kier alpha value is -2.92. The van der Waals surface area contributed by atoms with E-state index >= 15 is 0 Å². The Morgan fingerprint density at radius 3 is 2.32 bits per heavy atom. The lowest BCUT2D eigenvalue weighted by atomic mass is 9.99. The fraction of sp³-hybridized carbons (Fsp3) is 0.130. The molecule has 124 valence electrons. The molecular weight excluding hydrogens is 314 g/mol. The van der Waals surface area contributed by atoms with Crippen molar-refractivity contribution in [3.63, 3.8) is 0 Å². The van der Waals surface area contributed by atoms with E-state index in [1.807, 2.05) is 24.3 Å². The van der Waals surface area contributed by atoms with Crippen LogP contribution < -0.4 is 0 Å². The Bertz CT molecular complexity index is 970. The average Bonchev–Trinajstić information content (AvgIpc) is 2.67. The van der Waals surface area contributed by atoms with Crippen molar-refractivity contribution in [2.75, 3.05) is 0 Å². The first-order valence-electron chi connectivity index (χ1n) is 8.32. The molecule has 0 aromatic heterocycles. The molecule has 0 spiro atoms. The summed E-state index contributed by atoms with van der Waals surface area (Å²) in [7, 11) is 0. The van der Waals surface area contributed by atoms with Crippen LogP contribution >= 0.6 is 0 Å². The van der Waals surface area contributed by atoms with Gasteiger partial charge in [-0.15, -0.1) is 0 Å². The summed E-state index contributed by atoms with van der Waals surface area (Å²) < 4.78 is 26.3. The molecule has 2 heteroatoms. The average molecular weight is 332 g/mol. The van der Waals surface area contributed by atoms with Crippen molar-refractivity contribution >= 4 is 16.6 Å². The van der Waals surface area contributed by atoms with Gasteiger partial charge in [-0.05, 0) is 41.0 Å². The van der Waals surface area contributed by atoms with Gasteiger partial charge in [0.2, 0.25) is 0 Å². The molecule has 0 saturated heterocycles. The fourth-order valence-corrected chi connectivity index (χ4v) is 2.86. The van der Waals surface area contributed by atoms with E-state index in [4.69, 9.17) is 0 Å². The number of halogens is 2. The van der Waals surface area contributed by atoms with Crippen LogP contribution in [0.2, 0.25) is 0 Å². The van der Waals surface area contributed by atoms with Crippen LogP contribution in [-0.4, -0.2) is 0 Å². The molecule has 0 N–H and O–H groups in total. The van der Waals surface area contributed by atoms with E-state index in [9.17, 15) is 8.78 Å². The van der Waals surface area contributed by atoms with E-state index in [2.05, 4.69) is 30.9 Å². The predicted molar refractivity (Wildman–Crippen MR) is 101 cm³/mol. The highest BCUT2D eigenvalue weighted by molar-refractivity contribution is 5.96. The van der Waals surface area contributed by atoms with Crippen molar-refractivity contribution in [1.29, 1.82) is 0 Å². The molecule has 0 nitrogen and oxygen atoms in total. The van der Waals surface area contributed by atoms with E-state index in [0.29, 0.717) is 5.39 Å². The quantitative estimate of drug-likeness (QED) is 0.485. The first-order chi connectivity index (χ1) is 12.2. The van der Waals surface area contributed by atoms with Gasteiger partial charge in [0.1, 0.15) is 6.33 Å². The van der Waals surface area contributed by atoms with E-state index in [1.54, 1.807) is 24.3 Å². The molecule has 0 amide bonds. The zero-order valence-electron chi connectivity index (χ0n) is 14.0. The molecule has 25 heavy (non-hydrogen) atoms. The van der Waals surface area contributed by atoms with Crippen LogP contribution in [0, 0.1) is 11.8 Å². The predicted octanol–water partition coefficient (Wildman–Crippen LogP) is 6.43. The molecule has 0 saturated carbocycles. The standard InChI is InChI=1S/C23H18F2/c1-2-5-17-8-10-18(11-9-17)12-13-19-14-15-22(23(25)16-24)21-7-4-3-6-20(19)21/h3-4,6-11,14-16H,2,5H2,1H3/b23-16+. The van der Waals surface area contributed by atoms with Gasteiger partial charge in [0.05, 0.1) is 0 Å². The van der Waals surface area contributed by atoms with Crippen LogP contribution in [-0.2, 0) is 6.42 Å². The summed E-state index contributed by atoms with van der Waals surface area (Å²) in [6, 6.07) is 18.8. The zero-order chi connectivity index (χ0) is 17.6. The van der Waals surface area contributed by atoms with Crippen molar-refractivity contribution in [1.82, 2.24) is 0 Å². The third-order valence-corrected chi connectivity index (χ3v) is 4.11. The Labute approximate surface area is 146 Å². The first-order valence-corrected chi connectivity index (χ1v) is 8.32. The number of benzene rings is 3. The fourth-order valence-electron chi connectivity index (χ4n) is 2.86. The Morgan fingerprint density at radius 1 is 0.920 bits per heavy atom. The van der Waals surface area contributed by atoms with E-state index in [0.717, 1.165) is 29.4 Å². The smallest absolute Gasteiger partial charge is 0.159 e. The summed E-state index contributed by atoms with van der Waals surface area (Å²) in [6.45, 7) is 2.16. The second-order valence-corrected chi connectivity index (χ2v) is 5.86. The van der Waals surface area contributed by atoms with Crippen molar-refractivity contribution in [3.8, 4) is 11.8 Å². The molecule has 0 fully saturated rings. The minimum absolute atomic E-state index is 0.00895. The number of hydrogen-bond acceptors (Lipinski definition) is 0. The number of fused-ring (bicyclic) bond motifs is 1. The third-order valence-electron chi connectivity index (χ3n) is 4.11. The third kappa shape index (κ3) is 3.78. The van der Waals surface area contributed by atoms with Crippen LogP contribution in [0.4, 0.5) is 8.78 Å². The molecule has 3 aromatic rings. The van der Waals surface area contributed by atoms with Gasteiger partial charge < -0.3 is 0 Å². The van der Waals surface area contributed by atoms with Crippen molar-refractivity contribution in [3.05, 3.63) is 89.2 Å². The van der Waals surface area contributed by atoms with Crippen LogP contribution in [0.15, 0.2) is 67.0 Å². The minimum atomic E-state index is -0.873. The summed E-state index contributed by atoms with van der Waals surface area (Å²) in [5, 5.41) is 1.46.